The largest absolute Gasteiger partial charge is 0.497 e. The number of H-pyrrole nitrogens is 2. The molecule has 0 unspecified atom stereocenters. The zero-order chi connectivity index (χ0) is 36.1. The van der Waals surface area contributed by atoms with Crippen molar-refractivity contribution in [2.24, 2.45) is 0 Å². The summed E-state index contributed by atoms with van der Waals surface area (Å²) in [6.45, 7) is 2.25. The lowest BCUT2D eigenvalue weighted by atomic mass is 10.0. The first-order valence-electron chi connectivity index (χ1n) is 18.4. The number of unbranched alkanes of at least 4 members (excludes halogenated alkanes) is 3. The van der Waals surface area contributed by atoms with Gasteiger partial charge in [-0.3, -0.25) is 4.98 Å². The number of nitrogens with one attached hydrogen (secondary N) is 2. The Labute approximate surface area is 310 Å². The second-order valence-electron chi connectivity index (χ2n) is 13.5. The van der Waals surface area contributed by atoms with Crippen molar-refractivity contribution in [3.63, 3.8) is 0 Å². The Kier molecular flexibility index (Phi) is 9.71. The zero-order valence-corrected chi connectivity index (χ0v) is 30.4. The molecular weight excluding hydrogens is 655 g/mol. The molecule has 0 fully saturated rings. The SMILES string of the molecule is CCCCCCc1c2nc(c(-c3cccc(OC)c3)c3ccc([nH]3)c(Cc3cccnc3)c3nc(c(-c4cccc(OC)c4)c4ccc1[nH]4)C=C3)C=C2. The van der Waals surface area contributed by atoms with Crippen molar-refractivity contribution in [1.82, 2.24) is 24.9 Å². The molecule has 8 rings (SSSR count). The molecule has 6 aromatic rings. The van der Waals surface area contributed by atoms with Crippen LogP contribution in [0.5, 0.6) is 11.5 Å². The second-order valence-corrected chi connectivity index (χ2v) is 13.5. The number of hydrogen-bond donors (Lipinski definition) is 2. The third-order valence-electron chi connectivity index (χ3n) is 10.1. The molecule has 53 heavy (non-hydrogen) atoms. The molecule has 0 spiro atoms. The van der Waals surface area contributed by atoms with Crippen LogP contribution in [0.2, 0.25) is 0 Å². The van der Waals surface area contributed by atoms with Crippen molar-refractivity contribution in [3.8, 4) is 33.8 Å². The summed E-state index contributed by atoms with van der Waals surface area (Å²) in [7, 11) is 3.41. The summed E-state index contributed by atoms with van der Waals surface area (Å²) in [5.41, 5.74) is 15.1. The van der Waals surface area contributed by atoms with E-state index in [1.54, 1.807) is 14.2 Å². The summed E-state index contributed by atoms with van der Waals surface area (Å²) in [4.78, 5) is 22.9. The van der Waals surface area contributed by atoms with Crippen LogP contribution in [0.15, 0.2) is 97.3 Å². The highest BCUT2D eigenvalue weighted by Crippen LogP contribution is 2.36. The van der Waals surface area contributed by atoms with Gasteiger partial charge in [0.05, 0.1) is 37.0 Å². The number of methoxy groups -OCH3 is 2. The molecule has 6 heterocycles. The monoisotopic (exact) mass is 697 g/mol. The van der Waals surface area contributed by atoms with Crippen LogP contribution >= 0.6 is 0 Å². The Morgan fingerprint density at radius 1 is 0.566 bits per heavy atom. The Balaban J connectivity index is 1.48. The molecule has 2 N–H and O–H groups in total. The minimum atomic E-state index is 0.648. The van der Waals surface area contributed by atoms with Gasteiger partial charge in [0.15, 0.2) is 0 Å². The second kappa shape index (κ2) is 15.2. The van der Waals surface area contributed by atoms with Gasteiger partial charge >= 0.3 is 0 Å². The maximum Gasteiger partial charge on any atom is 0.119 e. The van der Waals surface area contributed by atoms with E-state index in [0.717, 1.165) is 103 Å². The molecule has 8 bridgehead atoms. The quantitative estimate of drug-likeness (QED) is 0.131. The van der Waals surface area contributed by atoms with E-state index in [1.807, 2.05) is 42.7 Å². The summed E-state index contributed by atoms with van der Waals surface area (Å²) < 4.78 is 11.4. The van der Waals surface area contributed by atoms with Crippen LogP contribution in [-0.2, 0) is 12.8 Å². The lowest BCUT2D eigenvalue weighted by molar-refractivity contribution is 0.415. The van der Waals surface area contributed by atoms with E-state index in [-0.39, 0.29) is 0 Å². The third-order valence-corrected chi connectivity index (χ3v) is 10.1. The summed E-state index contributed by atoms with van der Waals surface area (Å²) in [5.74, 6) is 1.59. The normalized spacial score (nSPS) is 12.0. The first-order valence-corrected chi connectivity index (χ1v) is 18.4. The summed E-state index contributed by atoms with van der Waals surface area (Å²) in [6.07, 6.45) is 18.5. The summed E-state index contributed by atoms with van der Waals surface area (Å²) in [6, 6.07) is 29.2. The van der Waals surface area contributed by atoms with Crippen molar-refractivity contribution >= 4 is 46.4 Å². The lowest BCUT2D eigenvalue weighted by Crippen LogP contribution is -1.95. The van der Waals surface area contributed by atoms with Gasteiger partial charge in [-0.25, -0.2) is 9.97 Å². The highest BCUT2D eigenvalue weighted by Gasteiger charge is 2.18. The van der Waals surface area contributed by atoms with Crippen LogP contribution in [0.1, 0.15) is 72.1 Å². The molecule has 0 saturated heterocycles. The fourth-order valence-electron chi connectivity index (χ4n) is 7.37. The molecule has 0 atom stereocenters. The van der Waals surface area contributed by atoms with Crippen LogP contribution in [0.3, 0.4) is 0 Å². The maximum absolute atomic E-state index is 5.68. The van der Waals surface area contributed by atoms with E-state index in [4.69, 9.17) is 19.4 Å². The van der Waals surface area contributed by atoms with Crippen LogP contribution in [0.25, 0.3) is 68.6 Å². The van der Waals surface area contributed by atoms with Crippen molar-refractivity contribution in [2.45, 2.75) is 45.4 Å². The average Bonchev–Trinajstić information content (AvgIpc) is 4.04. The Morgan fingerprint density at radius 2 is 1.13 bits per heavy atom. The standard InChI is InChI=1S/C46H43N5O2/c1-4-5-6-7-16-35-37-17-21-41(48-37)45(31-12-8-14-33(27-31)52-2)43-23-19-39(50-43)36(26-30-11-10-25-47-29-30)40-20-24-44(51-40)46(42-22-18-38(35)49-42)32-13-9-15-34(28-32)53-3/h8-15,17-25,27-29,48,51H,4-7,16,26H2,1-3H3. The lowest BCUT2D eigenvalue weighted by Gasteiger charge is -2.08. The highest BCUT2D eigenvalue weighted by atomic mass is 16.5. The van der Waals surface area contributed by atoms with Crippen molar-refractivity contribution in [3.05, 3.63) is 137 Å². The number of nitrogens with zero attached hydrogens (tertiary/aromatic N) is 3. The van der Waals surface area contributed by atoms with Gasteiger partial charge in [0.1, 0.15) is 11.5 Å². The average molecular weight is 698 g/mol. The molecule has 2 aliphatic heterocycles. The van der Waals surface area contributed by atoms with Crippen molar-refractivity contribution in [1.29, 1.82) is 0 Å². The maximum atomic E-state index is 5.68. The first-order chi connectivity index (χ1) is 26.1. The topological polar surface area (TPSA) is 88.7 Å². The van der Waals surface area contributed by atoms with Gasteiger partial charge in [-0.2, -0.15) is 0 Å². The summed E-state index contributed by atoms with van der Waals surface area (Å²) in [5, 5.41) is 0. The molecular formula is C46H43N5O2. The number of aromatic nitrogens is 5. The van der Waals surface area contributed by atoms with E-state index < -0.39 is 0 Å². The Hall–Kier alpha value is -6.21. The summed E-state index contributed by atoms with van der Waals surface area (Å²) >= 11 is 0. The van der Waals surface area contributed by atoms with Gasteiger partial charge in [0.25, 0.3) is 0 Å². The molecule has 7 nitrogen and oxygen atoms in total. The van der Waals surface area contributed by atoms with Crippen LogP contribution < -0.4 is 9.47 Å². The predicted molar refractivity (Wildman–Crippen MR) is 218 cm³/mol. The third kappa shape index (κ3) is 7.03. The molecule has 2 aromatic carbocycles. The van der Waals surface area contributed by atoms with Gasteiger partial charge in [0, 0.05) is 63.1 Å². The van der Waals surface area contributed by atoms with Gasteiger partial charge in [-0.1, -0.05) is 56.5 Å². The van der Waals surface area contributed by atoms with E-state index in [9.17, 15) is 0 Å². The number of benzene rings is 2. The highest BCUT2D eigenvalue weighted by molar-refractivity contribution is 5.94. The van der Waals surface area contributed by atoms with Gasteiger partial charge in [-0.15, -0.1) is 0 Å². The number of pyridine rings is 1. The Morgan fingerprint density at radius 3 is 1.70 bits per heavy atom. The van der Waals surface area contributed by atoms with Crippen molar-refractivity contribution < 1.29 is 9.47 Å². The number of rotatable bonds is 11. The molecule has 264 valence electrons. The minimum Gasteiger partial charge on any atom is -0.497 e. The molecule has 4 aromatic heterocycles. The number of fused-ring (bicyclic) bond motifs is 8. The van der Waals surface area contributed by atoms with E-state index in [2.05, 4.69) is 101 Å². The first kappa shape index (κ1) is 33.9. The van der Waals surface area contributed by atoms with Crippen LogP contribution in [-0.4, -0.2) is 39.1 Å². The van der Waals surface area contributed by atoms with Crippen LogP contribution in [0, 0.1) is 0 Å². The molecule has 0 aliphatic carbocycles. The van der Waals surface area contributed by atoms with Crippen molar-refractivity contribution in [2.75, 3.05) is 14.2 Å². The number of aromatic amines is 2. The zero-order valence-electron chi connectivity index (χ0n) is 30.4. The van der Waals surface area contributed by atoms with E-state index in [0.29, 0.717) is 6.42 Å². The van der Waals surface area contributed by atoms with E-state index >= 15 is 0 Å². The number of aryl methyl sites for hydroxylation is 1. The molecule has 0 saturated carbocycles. The minimum absolute atomic E-state index is 0.648. The molecule has 0 radical (unpaired) electrons. The fourth-order valence-corrected chi connectivity index (χ4v) is 7.37. The fraction of sp³-hybridized carbons (Fsp3) is 0.196. The number of ether oxygens (including phenoxy) is 2. The molecule has 2 aliphatic rings. The molecule has 7 heteroatoms. The Bertz CT molecular complexity index is 2460. The van der Waals surface area contributed by atoms with Gasteiger partial charge in [0.2, 0.25) is 0 Å². The van der Waals surface area contributed by atoms with Gasteiger partial charge in [-0.05, 0) is 108 Å². The van der Waals surface area contributed by atoms with Crippen LogP contribution in [0.4, 0.5) is 0 Å². The smallest absolute Gasteiger partial charge is 0.119 e. The van der Waals surface area contributed by atoms with E-state index in [1.165, 1.54) is 24.8 Å². The van der Waals surface area contributed by atoms with Gasteiger partial charge < -0.3 is 19.4 Å². The number of hydrogen-bond acceptors (Lipinski definition) is 5. The predicted octanol–water partition coefficient (Wildman–Crippen LogP) is 11.1. The molecule has 0 amide bonds.